The van der Waals surface area contributed by atoms with E-state index in [0.29, 0.717) is 11.4 Å². The lowest BCUT2D eigenvalue weighted by Gasteiger charge is -2.28. The minimum absolute atomic E-state index is 0.0579. The number of rotatable bonds is 3. The van der Waals surface area contributed by atoms with E-state index in [1.54, 1.807) is 6.20 Å². The second-order valence-corrected chi connectivity index (χ2v) is 6.46. The molecule has 21 heavy (non-hydrogen) atoms. The normalized spacial score (nSPS) is 20.2. The first-order valence-electron chi connectivity index (χ1n) is 7.41. The van der Waals surface area contributed by atoms with Crippen LogP contribution >= 0.6 is 15.9 Å². The number of halogens is 1. The minimum Gasteiger partial charge on any atom is -0.370 e. The number of likely N-dealkylation sites (N-methyl/N-ethyl adjacent to an activating group) is 1. The number of carbonyl (C=O) groups excluding carboxylic acids is 1. The van der Waals surface area contributed by atoms with E-state index in [2.05, 4.69) is 45.1 Å². The van der Waals surface area contributed by atoms with Gasteiger partial charge in [-0.25, -0.2) is 4.98 Å². The number of amides is 1. The molecule has 0 aliphatic carbocycles. The van der Waals surface area contributed by atoms with E-state index in [4.69, 9.17) is 0 Å². The number of pyridine rings is 1. The Morgan fingerprint density at radius 2 is 2.29 bits per heavy atom. The van der Waals surface area contributed by atoms with Crippen LogP contribution in [-0.2, 0) is 0 Å². The van der Waals surface area contributed by atoms with Crippen molar-refractivity contribution in [1.82, 2.24) is 14.8 Å². The first kappa shape index (κ1) is 16.2. The Balaban J connectivity index is 2.27. The van der Waals surface area contributed by atoms with Crippen molar-refractivity contribution in [2.45, 2.75) is 26.3 Å². The molecule has 5 nitrogen and oxygen atoms in total. The van der Waals surface area contributed by atoms with Gasteiger partial charge in [0.15, 0.2) is 0 Å². The molecule has 1 unspecified atom stereocenters. The highest BCUT2D eigenvalue weighted by atomic mass is 79.9. The first-order valence-corrected chi connectivity index (χ1v) is 8.21. The van der Waals surface area contributed by atoms with Crippen LogP contribution in [-0.4, -0.2) is 60.0 Å². The fourth-order valence-corrected chi connectivity index (χ4v) is 3.07. The van der Waals surface area contributed by atoms with Gasteiger partial charge in [0, 0.05) is 36.3 Å². The van der Waals surface area contributed by atoms with E-state index in [-0.39, 0.29) is 11.9 Å². The third kappa shape index (κ3) is 3.95. The molecule has 0 saturated carbocycles. The summed E-state index contributed by atoms with van der Waals surface area (Å²) >= 11 is 3.41. The lowest BCUT2D eigenvalue weighted by molar-refractivity contribution is 0.0697. The number of aromatic nitrogens is 1. The highest BCUT2D eigenvalue weighted by Crippen LogP contribution is 2.22. The molecule has 1 aliphatic heterocycles. The second-order valence-electron chi connectivity index (χ2n) is 5.54. The monoisotopic (exact) mass is 354 g/mol. The summed E-state index contributed by atoms with van der Waals surface area (Å²) in [6.07, 6.45) is 2.72. The van der Waals surface area contributed by atoms with Gasteiger partial charge in [-0.1, -0.05) is 0 Å². The summed E-state index contributed by atoms with van der Waals surface area (Å²) in [5.74, 6) is 0.720. The summed E-state index contributed by atoms with van der Waals surface area (Å²) in [5, 5.41) is 3.17. The topological polar surface area (TPSA) is 48.5 Å². The van der Waals surface area contributed by atoms with Crippen molar-refractivity contribution in [2.24, 2.45) is 0 Å². The quantitative estimate of drug-likeness (QED) is 0.905. The van der Waals surface area contributed by atoms with Crippen molar-refractivity contribution < 1.29 is 4.79 Å². The Labute approximate surface area is 134 Å². The standard InChI is InChI=1S/C15H23BrN4O/c1-4-17-14-13(8-12(16)9-18-14)15(21)20-7-5-6-19(3)10-11(20)2/h8-9,11H,4-7,10H2,1-3H3,(H,17,18). The van der Waals surface area contributed by atoms with Crippen LogP contribution in [0.5, 0.6) is 0 Å². The number of nitrogens with one attached hydrogen (secondary N) is 1. The van der Waals surface area contributed by atoms with Crippen molar-refractivity contribution >= 4 is 27.7 Å². The summed E-state index contributed by atoms with van der Waals surface area (Å²) in [6, 6.07) is 2.06. The van der Waals surface area contributed by atoms with Gasteiger partial charge < -0.3 is 15.1 Å². The highest BCUT2D eigenvalue weighted by Gasteiger charge is 2.27. The Bertz CT molecular complexity index is 508. The van der Waals surface area contributed by atoms with E-state index >= 15 is 0 Å². The number of hydrogen-bond donors (Lipinski definition) is 1. The molecule has 1 fully saturated rings. The van der Waals surface area contributed by atoms with Crippen LogP contribution in [0.15, 0.2) is 16.7 Å². The van der Waals surface area contributed by atoms with Crippen LogP contribution in [0, 0.1) is 0 Å². The molecule has 116 valence electrons. The maximum Gasteiger partial charge on any atom is 0.257 e. The van der Waals surface area contributed by atoms with Crippen molar-refractivity contribution in [1.29, 1.82) is 0 Å². The van der Waals surface area contributed by atoms with Gasteiger partial charge in [0.05, 0.1) is 5.56 Å². The van der Waals surface area contributed by atoms with Gasteiger partial charge in [-0.3, -0.25) is 4.79 Å². The molecular formula is C15H23BrN4O. The van der Waals surface area contributed by atoms with Crippen LogP contribution in [0.3, 0.4) is 0 Å². The number of nitrogens with zero attached hydrogens (tertiary/aromatic N) is 3. The Morgan fingerprint density at radius 3 is 3.00 bits per heavy atom. The summed E-state index contributed by atoms with van der Waals surface area (Å²) in [7, 11) is 2.11. The zero-order valence-corrected chi connectivity index (χ0v) is 14.5. The number of carbonyl (C=O) groups is 1. The molecule has 0 spiro atoms. The van der Waals surface area contributed by atoms with Gasteiger partial charge in [0.1, 0.15) is 5.82 Å². The molecule has 1 amide bonds. The lowest BCUT2D eigenvalue weighted by atomic mass is 10.1. The van der Waals surface area contributed by atoms with Crippen LogP contribution in [0.4, 0.5) is 5.82 Å². The molecule has 1 atom stereocenters. The van der Waals surface area contributed by atoms with E-state index in [0.717, 1.165) is 37.1 Å². The van der Waals surface area contributed by atoms with Gasteiger partial charge in [0.25, 0.3) is 5.91 Å². The van der Waals surface area contributed by atoms with Gasteiger partial charge >= 0.3 is 0 Å². The Hall–Kier alpha value is -1.14. The molecule has 6 heteroatoms. The molecule has 1 saturated heterocycles. The molecule has 1 aromatic rings. The molecule has 1 aromatic heterocycles. The van der Waals surface area contributed by atoms with Gasteiger partial charge in [-0.2, -0.15) is 0 Å². The van der Waals surface area contributed by atoms with Crippen molar-refractivity contribution in [2.75, 3.05) is 38.5 Å². The third-order valence-corrected chi connectivity index (χ3v) is 4.17. The third-order valence-electron chi connectivity index (χ3n) is 3.74. The predicted molar refractivity (Wildman–Crippen MR) is 88.7 cm³/mol. The van der Waals surface area contributed by atoms with Crippen LogP contribution in [0.1, 0.15) is 30.6 Å². The highest BCUT2D eigenvalue weighted by molar-refractivity contribution is 9.10. The summed E-state index contributed by atoms with van der Waals surface area (Å²) in [5.41, 5.74) is 0.641. The summed E-state index contributed by atoms with van der Waals surface area (Å²) < 4.78 is 0.826. The molecule has 2 rings (SSSR count). The maximum atomic E-state index is 12.9. The molecule has 0 bridgehead atoms. The molecule has 1 aliphatic rings. The average Bonchev–Trinajstić information content (AvgIpc) is 2.61. The van der Waals surface area contributed by atoms with Gasteiger partial charge in [-0.15, -0.1) is 0 Å². The number of anilines is 1. The van der Waals surface area contributed by atoms with Crippen molar-refractivity contribution in [3.8, 4) is 0 Å². The van der Waals surface area contributed by atoms with E-state index in [1.807, 2.05) is 17.9 Å². The molecular weight excluding hydrogens is 332 g/mol. The van der Waals surface area contributed by atoms with E-state index in [9.17, 15) is 4.79 Å². The summed E-state index contributed by atoms with van der Waals surface area (Å²) in [6.45, 7) is 7.59. The average molecular weight is 355 g/mol. The smallest absolute Gasteiger partial charge is 0.257 e. The summed E-state index contributed by atoms with van der Waals surface area (Å²) in [4.78, 5) is 21.5. The maximum absolute atomic E-state index is 12.9. The van der Waals surface area contributed by atoms with Crippen LogP contribution in [0.25, 0.3) is 0 Å². The zero-order valence-electron chi connectivity index (χ0n) is 12.9. The fourth-order valence-electron chi connectivity index (χ4n) is 2.74. The van der Waals surface area contributed by atoms with Crippen LogP contribution < -0.4 is 5.32 Å². The zero-order chi connectivity index (χ0) is 15.4. The number of hydrogen-bond acceptors (Lipinski definition) is 4. The van der Waals surface area contributed by atoms with Gasteiger partial charge in [-0.05, 0) is 55.9 Å². The Morgan fingerprint density at radius 1 is 1.52 bits per heavy atom. The van der Waals surface area contributed by atoms with E-state index in [1.165, 1.54) is 0 Å². The van der Waals surface area contributed by atoms with E-state index < -0.39 is 0 Å². The second kappa shape index (κ2) is 7.22. The van der Waals surface area contributed by atoms with Crippen molar-refractivity contribution in [3.05, 3.63) is 22.3 Å². The SMILES string of the molecule is CCNc1ncc(Br)cc1C(=O)N1CCCN(C)CC1C. The largest absolute Gasteiger partial charge is 0.370 e. The molecule has 2 heterocycles. The van der Waals surface area contributed by atoms with Gasteiger partial charge in [0.2, 0.25) is 0 Å². The molecule has 0 aromatic carbocycles. The Kier molecular flexibility index (Phi) is 5.58. The van der Waals surface area contributed by atoms with Crippen LogP contribution in [0.2, 0.25) is 0 Å². The first-order chi connectivity index (χ1) is 10.0. The lowest BCUT2D eigenvalue weighted by Crippen LogP contribution is -2.42. The predicted octanol–water partition coefficient (Wildman–Crippen LogP) is 2.44. The minimum atomic E-state index is 0.0579. The fraction of sp³-hybridized carbons (Fsp3) is 0.600. The molecule has 1 N–H and O–H groups in total. The molecule has 0 radical (unpaired) electrons. The van der Waals surface area contributed by atoms with Crippen molar-refractivity contribution in [3.63, 3.8) is 0 Å².